The van der Waals surface area contributed by atoms with Crippen LogP contribution in [0, 0.1) is 5.92 Å². The molecule has 2 aromatic rings. The predicted molar refractivity (Wildman–Crippen MR) is 118 cm³/mol. The van der Waals surface area contributed by atoms with Gasteiger partial charge in [0, 0.05) is 36.9 Å². The van der Waals surface area contributed by atoms with E-state index in [2.05, 4.69) is 10.3 Å². The van der Waals surface area contributed by atoms with E-state index in [0.717, 1.165) is 23.4 Å². The number of nitrogens with zero attached hydrogens (tertiary/aromatic N) is 2. The van der Waals surface area contributed by atoms with Gasteiger partial charge >= 0.3 is 0 Å². The summed E-state index contributed by atoms with van der Waals surface area (Å²) in [5, 5.41) is 4.33. The summed E-state index contributed by atoms with van der Waals surface area (Å²) in [6.07, 6.45) is 8.60. The summed E-state index contributed by atoms with van der Waals surface area (Å²) in [6.45, 7) is 1.99. The maximum Gasteiger partial charge on any atom is 0.256 e. The minimum atomic E-state index is -0.136. The summed E-state index contributed by atoms with van der Waals surface area (Å²) in [5.74, 6) is 0.265. The highest BCUT2D eigenvalue weighted by Crippen LogP contribution is 2.23. The average Bonchev–Trinajstić information content (AvgIpc) is 2.77. The molecule has 29 heavy (non-hydrogen) atoms. The van der Waals surface area contributed by atoms with Gasteiger partial charge in [0.2, 0.25) is 5.91 Å². The van der Waals surface area contributed by atoms with Gasteiger partial charge in [0.05, 0.1) is 5.56 Å². The molecule has 2 amide bonds. The fourth-order valence-electron chi connectivity index (χ4n) is 3.31. The number of pyridine rings is 1. The second-order valence-corrected chi connectivity index (χ2v) is 8.10. The molecule has 0 aliphatic carbocycles. The summed E-state index contributed by atoms with van der Waals surface area (Å²) in [7, 11) is 0. The molecule has 0 spiro atoms. The molecule has 0 unspecified atom stereocenters. The van der Waals surface area contributed by atoms with E-state index in [1.165, 1.54) is 17.8 Å². The Morgan fingerprint density at radius 3 is 2.72 bits per heavy atom. The Balaban J connectivity index is 1.46. The number of nitrogens with one attached hydrogen (secondary N) is 1. The molecule has 1 fully saturated rings. The molecule has 1 aliphatic heterocycles. The molecule has 7 heteroatoms. The maximum absolute atomic E-state index is 12.8. The number of carbonyl (C=O) groups excluding carboxylic acids is 2. The van der Waals surface area contributed by atoms with E-state index in [-0.39, 0.29) is 11.8 Å². The molecule has 0 radical (unpaired) electrons. The largest absolute Gasteiger partial charge is 0.352 e. The molecular weight excluding hydrogens is 406 g/mol. The lowest BCUT2D eigenvalue weighted by Crippen LogP contribution is -2.41. The van der Waals surface area contributed by atoms with Gasteiger partial charge in [-0.25, -0.2) is 4.98 Å². The van der Waals surface area contributed by atoms with Gasteiger partial charge in [0.25, 0.3) is 5.91 Å². The molecule has 1 saturated heterocycles. The average molecular weight is 430 g/mol. The Kier molecular flexibility index (Phi) is 7.72. The zero-order chi connectivity index (χ0) is 20.6. The van der Waals surface area contributed by atoms with Crippen LogP contribution in [0.4, 0.5) is 0 Å². The maximum atomic E-state index is 12.8. The highest BCUT2D eigenvalue weighted by atomic mass is 35.5. The molecule has 2 heterocycles. The van der Waals surface area contributed by atoms with Gasteiger partial charge < -0.3 is 10.2 Å². The molecule has 0 bridgehead atoms. The minimum absolute atomic E-state index is 0.0348. The molecule has 1 aromatic carbocycles. The normalized spacial score (nSPS) is 14.9. The minimum Gasteiger partial charge on any atom is -0.352 e. The highest BCUT2D eigenvalue weighted by Gasteiger charge is 2.25. The first-order valence-electron chi connectivity index (χ1n) is 9.57. The number of aromatic nitrogens is 1. The van der Waals surface area contributed by atoms with Gasteiger partial charge in [-0.3, -0.25) is 9.59 Å². The Labute approximate surface area is 180 Å². The summed E-state index contributed by atoms with van der Waals surface area (Å²) in [4.78, 5) is 31.0. The van der Waals surface area contributed by atoms with Crippen LogP contribution in [0.5, 0.6) is 0 Å². The van der Waals surface area contributed by atoms with Crippen LogP contribution in [-0.4, -0.2) is 47.6 Å². The first-order chi connectivity index (χ1) is 14.1. The number of piperidine rings is 1. The van der Waals surface area contributed by atoms with Crippen LogP contribution in [0.1, 0.15) is 28.8 Å². The first kappa shape index (κ1) is 21.4. The number of rotatable bonds is 6. The number of amides is 2. The number of likely N-dealkylation sites (tertiary alicyclic amines) is 1. The van der Waals surface area contributed by atoms with E-state index in [1.807, 2.05) is 35.4 Å². The van der Waals surface area contributed by atoms with Crippen molar-refractivity contribution < 1.29 is 9.59 Å². The van der Waals surface area contributed by atoms with Gasteiger partial charge in [-0.1, -0.05) is 29.8 Å². The van der Waals surface area contributed by atoms with E-state index in [0.29, 0.717) is 36.1 Å². The Morgan fingerprint density at radius 2 is 2.00 bits per heavy atom. The third-order valence-electron chi connectivity index (χ3n) is 4.98. The number of carbonyl (C=O) groups is 2. The van der Waals surface area contributed by atoms with Gasteiger partial charge in [-0.05, 0) is 54.9 Å². The standard InChI is InChI=1S/C22H24ClN3O2S/c1-29-21-18(6-4-12-24-21)22(28)26-13-10-16(11-14-26)15-25-20(27)9-8-17-5-2-3-7-19(17)23/h2-9,12,16H,10-11,13-15H2,1H3,(H,25,27)/b9-8+. The van der Waals surface area contributed by atoms with Crippen molar-refractivity contribution in [1.82, 2.24) is 15.2 Å². The highest BCUT2D eigenvalue weighted by molar-refractivity contribution is 7.98. The van der Waals surface area contributed by atoms with Crippen molar-refractivity contribution in [1.29, 1.82) is 0 Å². The van der Waals surface area contributed by atoms with Gasteiger partial charge in [-0.15, -0.1) is 11.8 Å². The molecule has 5 nitrogen and oxygen atoms in total. The molecule has 1 aliphatic rings. The molecule has 3 rings (SSSR count). The SMILES string of the molecule is CSc1ncccc1C(=O)N1CCC(CNC(=O)/C=C/c2ccccc2Cl)CC1. The van der Waals surface area contributed by atoms with Crippen molar-refractivity contribution in [3.63, 3.8) is 0 Å². The molecule has 0 atom stereocenters. The molecule has 1 N–H and O–H groups in total. The summed E-state index contributed by atoms with van der Waals surface area (Å²) >= 11 is 7.57. The molecule has 1 aromatic heterocycles. The lowest BCUT2D eigenvalue weighted by Gasteiger charge is -2.32. The Hall–Kier alpha value is -2.31. The second kappa shape index (κ2) is 10.5. The van der Waals surface area contributed by atoms with Crippen LogP contribution in [-0.2, 0) is 4.79 Å². The topological polar surface area (TPSA) is 62.3 Å². The van der Waals surface area contributed by atoms with E-state index in [1.54, 1.807) is 24.4 Å². The number of thioether (sulfide) groups is 1. The Morgan fingerprint density at radius 1 is 1.24 bits per heavy atom. The van der Waals surface area contributed by atoms with E-state index in [4.69, 9.17) is 11.6 Å². The van der Waals surface area contributed by atoms with Crippen LogP contribution in [0.25, 0.3) is 6.08 Å². The first-order valence-corrected chi connectivity index (χ1v) is 11.2. The van der Waals surface area contributed by atoms with Gasteiger partial charge in [-0.2, -0.15) is 0 Å². The van der Waals surface area contributed by atoms with Crippen LogP contribution in [0.3, 0.4) is 0 Å². The fourth-order valence-corrected chi connectivity index (χ4v) is 4.05. The number of hydrogen-bond donors (Lipinski definition) is 1. The van der Waals surface area contributed by atoms with E-state index < -0.39 is 0 Å². The van der Waals surface area contributed by atoms with Crippen LogP contribution < -0.4 is 5.32 Å². The molecule has 0 saturated carbocycles. The smallest absolute Gasteiger partial charge is 0.256 e. The third kappa shape index (κ3) is 5.84. The van der Waals surface area contributed by atoms with E-state index >= 15 is 0 Å². The zero-order valence-corrected chi connectivity index (χ0v) is 17.9. The zero-order valence-electron chi connectivity index (χ0n) is 16.3. The van der Waals surface area contributed by atoms with Crippen molar-refractivity contribution in [2.75, 3.05) is 25.9 Å². The number of halogens is 1. The molecular formula is C22H24ClN3O2S. The van der Waals surface area contributed by atoms with E-state index in [9.17, 15) is 9.59 Å². The lowest BCUT2D eigenvalue weighted by atomic mass is 9.96. The van der Waals surface area contributed by atoms with Crippen LogP contribution in [0.15, 0.2) is 53.7 Å². The monoisotopic (exact) mass is 429 g/mol. The quantitative estimate of drug-likeness (QED) is 0.553. The number of benzene rings is 1. The summed E-state index contributed by atoms with van der Waals surface area (Å²) < 4.78 is 0. The number of hydrogen-bond acceptors (Lipinski definition) is 4. The van der Waals surface area contributed by atoms with Crippen molar-refractivity contribution >= 4 is 41.3 Å². The summed E-state index contributed by atoms with van der Waals surface area (Å²) in [5.41, 5.74) is 1.48. The lowest BCUT2D eigenvalue weighted by molar-refractivity contribution is -0.116. The van der Waals surface area contributed by atoms with Crippen LogP contribution in [0.2, 0.25) is 5.02 Å². The summed E-state index contributed by atoms with van der Waals surface area (Å²) in [6, 6.07) is 11.0. The van der Waals surface area contributed by atoms with Crippen LogP contribution >= 0.6 is 23.4 Å². The van der Waals surface area contributed by atoms with Gasteiger partial charge in [0.15, 0.2) is 0 Å². The van der Waals surface area contributed by atoms with Gasteiger partial charge in [0.1, 0.15) is 5.03 Å². The van der Waals surface area contributed by atoms with Crippen molar-refractivity contribution in [3.05, 3.63) is 64.8 Å². The second-order valence-electron chi connectivity index (χ2n) is 6.90. The third-order valence-corrected chi connectivity index (χ3v) is 6.04. The van der Waals surface area contributed by atoms with Crippen molar-refractivity contribution in [2.24, 2.45) is 5.92 Å². The predicted octanol–water partition coefficient (Wildman–Crippen LogP) is 4.14. The Bertz CT molecular complexity index is 895. The fraction of sp³-hybridized carbons (Fsp3) is 0.318. The van der Waals surface area contributed by atoms with Crippen molar-refractivity contribution in [2.45, 2.75) is 17.9 Å². The van der Waals surface area contributed by atoms with Crippen molar-refractivity contribution in [3.8, 4) is 0 Å². The molecule has 152 valence electrons.